The van der Waals surface area contributed by atoms with Crippen LogP contribution in [0.4, 0.5) is 19.2 Å². The Morgan fingerprint density at radius 2 is 1.86 bits per heavy atom. The molecule has 1 saturated heterocycles. The van der Waals surface area contributed by atoms with Crippen molar-refractivity contribution in [3.63, 3.8) is 0 Å². The van der Waals surface area contributed by atoms with E-state index in [-0.39, 0.29) is 17.8 Å². The van der Waals surface area contributed by atoms with E-state index in [4.69, 9.17) is 9.26 Å². The Hall–Kier alpha value is -3.41. The molecule has 1 aromatic carbocycles. The van der Waals surface area contributed by atoms with Crippen molar-refractivity contribution in [1.29, 1.82) is 0 Å². The van der Waals surface area contributed by atoms with Crippen LogP contribution in [0.2, 0.25) is 0 Å². The molecule has 4 heterocycles. The highest BCUT2D eigenvalue weighted by Crippen LogP contribution is 2.38. The van der Waals surface area contributed by atoms with Crippen LogP contribution in [-0.2, 0) is 0 Å². The van der Waals surface area contributed by atoms with Crippen molar-refractivity contribution in [2.45, 2.75) is 45.1 Å². The summed E-state index contributed by atoms with van der Waals surface area (Å²) in [6, 6.07) is 6.25. The number of halogens is 3. The highest BCUT2D eigenvalue weighted by molar-refractivity contribution is 7.18. The van der Waals surface area contributed by atoms with E-state index in [2.05, 4.69) is 29.7 Å². The molecule has 0 aliphatic carbocycles. The van der Waals surface area contributed by atoms with E-state index in [1.165, 1.54) is 29.8 Å². The van der Waals surface area contributed by atoms with Crippen molar-refractivity contribution in [2.24, 2.45) is 0 Å². The molecular formula is C23H22F3N5O3S. The third kappa shape index (κ3) is 5.16. The Morgan fingerprint density at radius 1 is 1.11 bits per heavy atom. The first-order valence-corrected chi connectivity index (χ1v) is 12.0. The lowest BCUT2D eigenvalue weighted by Crippen LogP contribution is -2.38. The maximum Gasteiger partial charge on any atom is 0.573 e. The van der Waals surface area contributed by atoms with Crippen molar-refractivity contribution in [2.75, 3.05) is 18.0 Å². The van der Waals surface area contributed by atoms with Gasteiger partial charge in [0, 0.05) is 42.8 Å². The van der Waals surface area contributed by atoms with Gasteiger partial charge in [-0.05, 0) is 17.7 Å². The van der Waals surface area contributed by atoms with Crippen molar-refractivity contribution in [3.8, 4) is 22.8 Å². The number of piperidine rings is 1. The van der Waals surface area contributed by atoms with Gasteiger partial charge in [0.1, 0.15) is 22.9 Å². The van der Waals surface area contributed by atoms with Gasteiger partial charge in [-0.15, -0.1) is 24.5 Å². The molecule has 8 nitrogen and oxygen atoms in total. The molecule has 184 valence electrons. The van der Waals surface area contributed by atoms with E-state index in [9.17, 15) is 13.2 Å². The first kappa shape index (κ1) is 23.3. The topological polar surface area (TPSA) is 86.4 Å². The van der Waals surface area contributed by atoms with Crippen molar-refractivity contribution in [1.82, 2.24) is 20.1 Å². The number of anilines is 1. The first-order valence-electron chi connectivity index (χ1n) is 11.1. The molecule has 0 radical (unpaired) electrons. The molecule has 0 spiro atoms. The molecular weight excluding hydrogens is 483 g/mol. The van der Waals surface area contributed by atoms with E-state index in [1.54, 1.807) is 12.1 Å². The zero-order valence-electron chi connectivity index (χ0n) is 19.0. The number of nitrogens with zero attached hydrogens (tertiary/aromatic N) is 5. The number of rotatable bonds is 6. The average Bonchev–Trinajstić information content (AvgIpc) is 3.48. The number of aromatic nitrogens is 4. The lowest BCUT2D eigenvalue weighted by atomic mass is 10.1. The minimum absolute atomic E-state index is 0.0267. The van der Waals surface area contributed by atoms with E-state index >= 15 is 0 Å². The van der Waals surface area contributed by atoms with Gasteiger partial charge in [-0.3, -0.25) is 0 Å². The van der Waals surface area contributed by atoms with Crippen LogP contribution in [0.3, 0.4) is 0 Å². The Morgan fingerprint density at radius 3 is 2.51 bits per heavy atom. The van der Waals surface area contributed by atoms with Gasteiger partial charge in [-0.25, -0.2) is 9.97 Å². The molecule has 3 aromatic heterocycles. The van der Waals surface area contributed by atoms with Gasteiger partial charge in [-0.2, -0.15) is 4.98 Å². The Bertz CT molecular complexity index is 1300. The van der Waals surface area contributed by atoms with Crippen molar-refractivity contribution in [3.05, 3.63) is 41.8 Å². The summed E-state index contributed by atoms with van der Waals surface area (Å²) in [7, 11) is 0. The summed E-state index contributed by atoms with van der Waals surface area (Å²) in [6.07, 6.45) is -1.78. The molecule has 0 saturated carbocycles. The fourth-order valence-electron chi connectivity index (χ4n) is 3.87. The maximum absolute atomic E-state index is 12.4. The summed E-state index contributed by atoms with van der Waals surface area (Å²) in [5.74, 6) is 1.13. The van der Waals surface area contributed by atoms with Crippen LogP contribution in [0, 0.1) is 0 Å². The second-order valence-electron chi connectivity index (χ2n) is 8.47. The van der Waals surface area contributed by atoms with Gasteiger partial charge in [0.2, 0.25) is 5.88 Å². The number of alkyl halides is 3. The lowest BCUT2D eigenvalue weighted by Gasteiger charge is -2.30. The number of benzene rings is 1. The van der Waals surface area contributed by atoms with Crippen LogP contribution in [0.5, 0.6) is 11.6 Å². The minimum Gasteiger partial charge on any atom is -0.473 e. The Kier molecular flexibility index (Phi) is 6.22. The lowest BCUT2D eigenvalue weighted by molar-refractivity contribution is -0.274. The molecule has 1 aliphatic rings. The minimum atomic E-state index is -4.73. The van der Waals surface area contributed by atoms with E-state index < -0.39 is 6.36 Å². The van der Waals surface area contributed by atoms with Crippen LogP contribution in [0.25, 0.3) is 21.3 Å². The van der Waals surface area contributed by atoms with E-state index in [0.717, 1.165) is 41.8 Å². The third-order valence-electron chi connectivity index (χ3n) is 5.66. The number of fused-ring (bicyclic) bond motifs is 1. The molecule has 35 heavy (non-hydrogen) atoms. The highest BCUT2D eigenvalue weighted by atomic mass is 32.1. The number of ether oxygens (including phenoxy) is 2. The SMILES string of the molecule is CC(C)c1noc(N2CCC(Oc3ncnc4c(-c5ccc(OC(F)(F)F)cc5)csc34)CC2)n1. The van der Waals surface area contributed by atoms with E-state index in [1.807, 2.05) is 19.2 Å². The molecule has 5 rings (SSSR count). The van der Waals surface area contributed by atoms with Gasteiger partial charge in [0.15, 0.2) is 5.82 Å². The predicted octanol–water partition coefficient (Wildman–Crippen LogP) is 5.81. The smallest absolute Gasteiger partial charge is 0.473 e. The molecule has 1 fully saturated rings. The number of hydrogen-bond acceptors (Lipinski definition) is 9. The average molecular weight is 506 g/mol. The van der Waals surface area contributed by atoms with E-state index in [0.29, 0.717) is 23.2 Å². The molecule has 1 aliphatic heterocycles. The van der Waals surface area contributed by atoms with Gasteiger partial charge >= 0.3 is 12.4 Å². The molecule has 0 bridgehead atoms. The summed E-state index contributed by atoms with van der Waals surface area (Å²) in [4.78, 5) is 15.3. The summed E-state index contributed by atoms with van der Waals surface area (Å²) < 4.78 is 53.7. The fraction of sp³-hybridized carbons (Fsp3) is 0.391. The molecule has 0 N–H and O–H groups in total. The number of thiophene rings is 1. The fourth-order valence-corrected chi connectivity index (χ4v) is 4.83. The number of hydrogen-bond donors (Lipinski definition) is 0. The van der Waals surface area contributed by atoms with Crippen LogP contribution in [0.15, 0.2) is 40.5 Å². The quantitative estimate of drug-likeness (QED) is 0.324. The maximum atomic E-state index is 12.4. The Labute approximate surface area is 202 Å². The van der Waals surface area contributed by atoms with Gasteiger partial charge in [-0.1, -0.05) is 31.1 Å². The zero-order valence-corrected chi connectivity index (χ0v) is 19.8. The standard InChI is InChI=1S/C23H22F3N5O3S/c1-13(2)20-29-22(34-30-20)31-9-7-15(8-10-31)32-21-19-18(27-12-28-21)17(11-35-19)14-3-5-16(6-4-14)33-23(24,25)26/h3-6,11-13,15H,7-10H2,1-2H3. The summed E-state index contributed by atoms with van der Waals surface area (Å²) in [6.45, 7) is 5.48. The first-order chi connectivity index (χ1) is 16.8. The van der Waals surface area contributed by atoms with Gasteiger partial charge < -0.3 is 18.9 Å². The monoisotopic (exact) mass is 505 g/mol. The molecule has 12 heteroatoms. The summed E-state index contributed by atoms with van der Waals surface area (Å²) >= 11 is 1.44. The second-order valence-corrected chi connectivity index (χ2v) is 9.35. The van der Waals surface area contributed by atoms with Crippen LogP contribution in [0.1, 0.15) is 38.4 Å². The highest BCUT2D eigenvalue weighted by Gasteiger charge is 2.31. The molecule has 0 amide bonds. The van der Waals surface area contributed by atoms with Crippen LogP contribution < -0.4 is 14.4 Å². The molecule has 0 atom stereocenters. The Balaban J connectivity index is 1.27. The largest absolute Gasteiger partial charge is 0.573 e. The van der Waals surface area contributed by atoms with Crippen LogP contribution >= 0.6 is 11.3 Å². The summed E-state index contributed by atoms with van der Waals surface area (Å²) in [5, 5.41) is 5.93. The van der Waals surface area contributed by atoms with Gasteiger partial charge in [0.05, 0.1) is 5.52 Å². The molecule has 4 aromatic rings. The van der Waals surface area contributed by atoms with Crippen molar-refractivity contribution >= 4 is 27.6 Å². The predicted molar refractivity (Wildman–Crippen MR) is 124 cm³/mol. The zero-order chi connectivity index (χ0) is 24.6. The summed E-state index contributed by atoms with van der Waals surface area (Å²) in [5.41, 5.74) is 2.21. The third-order valence-corrected chi connectivity index (χ3v) is 6.62. The second kappa shape index (κ2) is 9.33. The van der Waals surface area contributed by atoms with Crippen molar-refractivity contribution < 1.29 is 27.2 Å². The van der Waals surface area contributed by atoms with Gasteiger partial charge in [0.25, 0.3) is 0 Å². The molecule has 0 unspecified atom stereocenters. The normalized spacial score (nSPS) is 15.2. The van der Waals surface area contributed by atoms with Crippen LogP contribution in [-0.4, -0.2) is 45.7 Å².